The molecule has 0 fully saturated rings. The van der Waals surface area contributed by atoms with E-state index in [1.807, 2.05) is 43.8 Å². The topological polar surface area (TPSA) is 36.4 Å². The maximum Gasteiger partial charge on any atom is 0.252 e. The van der Waals surface area contributed by atoms with Crippen molar-refractivity contribution in [1.82, 2.24) is 9.88 Å². The number of hydrogen-bond donors (Lipinski definition) is 0. The summed E-state index contributed by atoms with van der Waals surface area (Å²) < 4.78 is 1.12. The summed E-state index contributed by atoms with van der Waals surface area (Å²) in [4.78, 5) is 22.6. The number of para-hydroxylation sites is 1. The van der Waals surface area contributed by atoms with Crippen molar-refractivity contribution in [2.45, 2.75) is 13.3 Å². The van der Waals surface area contributed by atoms with Crippen molar-refractivity contribution in [2.24, 2.45) is 0 Å². The highest BCUT2D eigenvalue weighted by Gasteiger charge is 2.18. The Morgan fingerprint density at radius 2 is 2.04 bits per heavy atom. The van der Waals surface area contributed by atoms with E-state index >= 15 is 0 Å². The van der Waals surface area contributed by atoms with Crippen molar-refractivity contribution in [1.29, 1.82) is 0 Å². The minimum atomic E-state index is -0.0196. The number of nitrogens with zero attached hydrogens (tertiary/aromatic N) is 3. The number of thiophene rings is 1. The highest BCUT2D eigenvalue weighted by molar-refractivity contribution is 7.22. The number of rotatable bonds is 7. The lowest BCUT2D eigenvalue weighted by Crippen LogP contribution is -2.32. The van der Waals surface area contributed by atoms with Gasteiger partial charge in [0.25, 0.3) is 5.91 Å². The zero-order valence-electron chi connectivity index (χ0n) is 15.3. The summed E-state index contributed by atoms with van der Waals surface area (Å²) in [6.07, 6.45) is 4.44. The Labute approximate surface area is 162 Å². The first-order valence-electron chi connectivity index (χ1n) is 8.58. The van der Waals surface area contributed by atoms with Crippen LogP contribution in [0.1, 0.15) is 16.9 Å². The fourth-order valence-corrected chi connectivity index (χ4v) is 4.36. The molecular weight excluding hydrogens is 362 g/mol. The summed E-state index contributed by atoms with van der Waals surface area (Å²) >= 11 is 3.20. The number of thiazole rings is 1. The van der Waals surface area contributed by atoms with Crippen LogP contribution in [-0.2, 0) is 4.79 Å². The van der Waals surface area contributed by atoms with Crippen LogP contribution in [0.15, 0.2) is 41.8 Å². The molecule has 0 radical (unpaired) electrons. The number of benzene rings is 1. The number of fused-ring (bicyclic) bond motifs is 1. The maximum atomic E-state index is 12.9. The largest absolute Gasteiger partial charge is 0.309 e. The van der Waals surface area contributed by atoms with E-state index in [0.717, 1.165) is 38.8 Å². The van der Waals surface area contributed by atoms with Gasteiger partial charge in [0.1, 0.15) is 0 Å². The predicted octanol–water partition coefficient (Wildman–Crippen LogP) is 4.66. The first-order chi connectivity index (χ1) is 12.5. The third-order valence-corrected chi connectivity index (χ3v) is 5.91. The van der Waals surface area contributed by atoms with Gasteiger partial charge in [0.05, 0.1) is 10.2 Å². The van der Waals surface area contributed by atoms with Crippen molar-refractivity contribution < 1.29 is 4.79 Å². The summed E-state index contributed by atoms with van der Waals surface area (Å²) in [7, 11) is 4.09. The molecule has 0 aliphatic carbocycles. The van der Waals surface area contributed by atoms with E-state index in [4.69, 9.17) is 4.98 Å². The van der Waals surface area contributed by atoms with Crippen molar-refractivity contribution in [3.05, 3.63) is 52.2 Å². The van der Waals surface area contributed by atoms with Gasteiger partial charge < -0.3 is 4.90 Å². The Morgan fingerprint density at radius 3 is 2.73 bits per heavy atom. The second-order valence-electron chi connectivity index (χ2n) is 6.41. The molecule has 26 heavy (non-hydrogen) atoms. The second-order valence-corrected chi connectivity index (χ2v) is 8.40. The molecule has 3 aromatic rings. The van der Waals surface area contributed by atoms with Crippen LogP contribution in [0.3, 0.4) is 0 Å². The van der Waals surface area contributed by atoms with E-state index in [0.29, 0.717) is 6.54 Å². The van der Waals surface area contributed by atoms with E-state index in [1.54, 1.807) is 33.6 Å². The van der Waals surface area contributed by atoms with Crippen LogP contribution in [0, 0.1) is 6.92 Å². The monoisotopic (exact) mass is 385 g/mol. The number of carbonyl (C=O) groups is 1. The molecule has 0 aliphatic heterocycles. The Balaban J connectivity index is 1.85. The molecule has 0 atom stereocenters. The Kier molecular flexibility index (Phi) is 6.19. The molecule has 4 nitrogen and oxygen atoms in total. The van der Waals surface area contributed by atoms with Crippen LogP contribution >= 0.6 is 22.7 Å². The molecule has 2 heterocycles. The van der Waals surface area contributed by atoms with Crippen molar-refractivity contribution >= 4 is 50.0 Å². The van der Waals surface area contributed by atoms with Crippen LogP contribution in [0.4, 0.5) is 5.13 Å². The SMILES string of the molecule is Cc1cccc2sc(N(CCCN(C)C)C(=O)/C=C/c3cccs3)nc12. The van der Waals surface area contributed by atoms with Crippen molar-refractivity contribution in [2.75, 3.05) is 32.1 Å². The minimum absolute atomic E-state index is 0.0196. The molecule has 1 amide bonds. The molecule has 1 aromatic carbocycles. The number of amides is 1. The first-order valence-corrected chi connectivity index (χ1v) is 10.3. The molecule has 0 unspecified atom stereocenters. The Hall–Kier alpha value is -2.02. The number of anilines is 1. The smallest absolute Gasteiger partial charge is 0.252 e. The summed E-state index contributed by atoms with van der Waals surface area (Å²) in [5, 5.41) is 2.78. The molecule has 0 N–H and O–H groups in total. The van der Waals surface area contributed by atoms with Gasteiger partial charge in [0.2, 0.25) is 0 Å². The van der Waals surface area contributed by atoms with Gasteiger partial charge in [0.15, 0.2) is 5.13 Å². The molecule has 0 aliphatic rings. The third kappa shape index (κ3) is 4.58. The van der Waals surface area contributed by atoms with E-state index in [-0.39, 0.29) is 5.91 Å². The zero-order valence-corrected chi connectivity index (χ0v) is 16.9. The van der Waals surface area contributed by atoms with Gasteiger partial charge >= 0.3 is 0 Å². The lowest BCUT2D eigenvalue weighted by Gasteiger charge is -2.19. The van der Waals surface area contributed by atoms with Gasteiger partial charge in [-0.05, 0) is 63.1 Å². The van der Waals surface area contributed by atoms with Crippen molar-refractivity contribution in [3.63, 3.8) is 0 Å². The van der Waals surface area contributed by atoms with Gasteiger partial charge in [-0.15, -0.1) is 11.3 Å². The Morgan fingerprint density at radius 1 is 1.19 bits per heavy atom. The Bertz CT molecular complexity index is 897. The van der Waals surface area contributed by atoms with Crippen molar-refractivity contribution in [3.8, 4) is 0 Å². The lowest BCUT2D eigenvalue weighted by atomic mass is 10.2. The molecule has 0 spiro atoms. The minimum Gasteiger partial charge on any atom is -0.309 e. The number of carbonyl (C=O) groups excluding carboxylic acids is 1. The van der Waals surface area contributed by atoms with E-state index in [2.05, 4.69) is 24.0 Å². The standard InChI is InChI=1S/C20H23N3OS2/c1-15-7-4-9-17-19(15)21-20(26-17)23(13-6-12-22(2)3)18(24)11-10-16-8-5-14-25-16/h4-5,7-11,14H,6,12-13H2,1-3H3/b11-10+. The van der Waals surface area contributed by atoms with E-state index in [1.165, 1.54) is 0 Å². The second kappa shape index (κ2) is 8.58. The molecule has 6 heteroatoms. The average Bonchev–Trinajstić information content (AvgIpc) is 3.26. The fraction of sp³-hybridized carbons (Fsp3) is 0.300. The highest BCUT2D eigenvalue weighted by Crippen LogP contribution is 2.31. The molecule has 2 aromatic heterocycles. The van der Waals surface area contributed by atoms with Crippen LogP contribution in [0.25, 0.3) is 16.3 Å². The molecule has 0 saturated heterocycles. The fourth-order valence-electron chi connectivity index (χ4n) is 2.66. The number of aromatic nitrogens is 1. The summed E-state index contributed by atoms with van der Waals surface area (Å²) in [6.45, 7) is 3.65. The quantitative estimate of drug-likeness (QED) is 0.555. The predicted molar refractivity (Wildman–Crippen MR) is 113 cm³/mol. The van der Waals surface area contributed by atoms with Gasteiger partial charge in [-0.3, -0.25) is 9.69 Å². The normalized spacial score (nSPS) is 11.7. The van der Waals surface area contributed by atoms with E-state index < -0.39 is 0 Å². The van der Waals surface area contributed by atoms with Gasteiger partial charge in [-0.2, -0.15) is 0 Å². The van der Waals surface area contributed by atoms with Gasteiger partial charge in [0, 0.05) is 17.5 Å². The van der Waals surface area contributed by atoms with Crippen LogP contribution in [0.2, 0.25) is 0 Å². The number of aryl methyl sites for hydroxylation is 1. The molecular formula is C20H23N3OS2. The highest BCUT2D eigenvalue weighted by atomic mass is 32.1. The summed E-state index contributed by atoms with van der Waals surface area (Å²) in [6, 6.07) is 10.1. The molecule has 0 saturated carbocycles. The van der Waals surface area contributed by atoms with Gasteiger partial charge in [-0.25, -0.2) is 4.98 Å². The number of hydrogen-bond acceptors (Lipinski definition) is 5. The molecule has 0 bridgehead atoms. The summed E-state index contributed by atoms with van der Waals surface area (Å²) in [5.41, 5.74) is 2.12. The van der Waals surface area contributed by atoms with Crippen LogP contribution in [-0.4, -0.2) is 43.0 Å². The zero-order chi connectivity index (χ0) is 18.5. The maximum absolute atomic E-state index is 12.9. The summed E-state index contributed by atoms with van der Waals surface area (Å²) in [5.74, 6) is -0.0196. The van der Waals surface area contributed by atoms with E-state index in [9.17, 15) is 4.79 Å². The first kappa shape index (κ1) is 18.8. The van der Waals surface area contributed by atoms with Crippen LogP contribution < -0.4 is 4.90 Å². The third-order valence-electron chi connectivity index (χ3n) is 4.03. The molecule has 136 valence electrons. The lowest BCUT2D eigenvalue weighted by molar-refractivity contribution is -0.114. The van der Waals surface area contributed by atoms with Crippen LogP contribution in [0.5, 0.6) is 0 Å². The van der Waals surface area contributed by atoms with Gasteiger partial charge in [-0.1, -0.05) is 29.5 Å². The molecule has 3 rings (SSSR count). The average molecular weight is 386 g/mol.